The highest BCUT2D eigenvalue weighted by atomic mass is 32.2. The van der Waals surface area contributed by atoms with Crippen LogP contribution in [-0.4, -0.2) is 13.0 Å². The van der Waals surface area contributed by atoms with E-state index in [4.69, 9.17) is 0 Å². The van der Waals surface area contributed by atoms with Gasteiger partial charge in [0.05, 0.1) is 11.4 Å². The van der Waals surface area contributed by atoms with Crippen LogP contribution in [0.15, 0.2) is 51.8 Å². The van der Waals surface area contributed by atoms with Crippen LogP contribution in [0, 0.1) is 18.8 Å². The van der Waals surface area contributed by atoms with E-state index < -0.39 is 10.0 Å². The molecule has 0 fully saturated rings. The fraction of sp³-hybridized carbons (Fsp3) is 0.318. The predicted molar refractivity (Wildman–Crippen MR) is 116 cm³/mol. The van der Waals surface area contributed by atoms with Crippen molar-refractivity contribution in [3.05, 3.63) is 57.8 Å². The Morgan fingerprint density at radius 2 is 1.79 bits per heavy atom. The molecule has 2 aromatic carbocycles. The fourth-order valence-corrected chi connectivity index (χ4v) is 5.79. The SMILES string of the molecule is CC#CCn1c(C)c(C(C)(C)C)sc1=NS(=O)(=O)c1cccc2ccccc12. The van der Waals surface area contributed by atoms with Gasteiger partial charge in [0.25, 0.3) is 10.0 Å². The molecule has 146 valence electrons. The summed E-state index contributed by atoms with van der Waals surface area (Å²) in [4.78, 5) is 1.79. The highest BCUT2D eigenvalue weighted by Gasteiger charge is 2.23. The van der Waals surface area contributed by atoms with Crippen LogP contribution in [0.2, 0.25) is 0 Å². The molecule has 0 radical (unpaired) electrons. The van der Waals surface area contributed by atoms with Gasteiger partial charge in [0.15, 0.2) is 0 Å². The largest absolute Gasteiger partial charge is 0.309 e. The molecule has 6 heteroatoms. The summed E-state index contributed by atoms with van der Waals surface area (Å²) in [6.07, 6.45) is 0. The van der Waals surface area contributed by atoms with Crippen molar-refractivity contribution in [1.29, 1.82) is 0 Å². The summed E-state index contributed by atoms with van der Waals surface area (Å²) >= 11 is 1.42. The van der Waals surface area contributed by atoms with Crippen molar-refractivity contribution in [2.75, 3.05) is 0 Å². The van der Waals surface area contributed by atoms with Crippen LogP contribution in [0.5, 0.6) is 0 Å². The van der Waals surface area contributed by atoms with Crippen LogP contribution in [0.25, 0.3) is 10.8 Å². The monoisotopic (exact) mass is 412 g/mol. The quantitative estimate of drug-likeness (QED) is 0.589. The zero-order valence-electron chi connectivity index (χ0n) is 16.8. The number of aromatic nitrogens is 1. The molecule has 3 aromatic rings. The van der Waals surface area contributed by atoms with E-state index in [0.29, 0.717) is 16.7 Å². The Hall–Kier alpha value is -2.36. The highest BCUT2D eigenvalue weighted by Crippen LogP contribution is 2.29. The molecule has 4 nitrogen and oxygen atoms in total. The minimum Gasteiger partial charge on any atom is -0.309 e. The van der Waals surface area contributed by atoms with Gasteiger partial charge in [0.2, 0.25) is 4.80 Å². The lowest BCUT2D eigenvalue weighted by atomic mass is 9.93. The maximum absolute atomic E-state index is 13.2. The van der Waals surface area contributed by atoms with Gasteiger partial charge in [0.1, 0.15) is 0 Å². The van der Waals surface area contributed by atoms with Crippen molar-refractivity contribution in [3.63, 3.8) is 0 Å². The van der Waals surface area contributed by atoms with Crippen LogP contribution in [0.4, 0.5) is 0 Å². The predicted octanol–water partition coefficient (Wildman–Crippen LogP) is 4.62. The first-order chi connectivity index (χ1) is 13.1. The van der Waals surface area contributed by atoms with Gasteiger partial charge in [-0.15, -0.1) is 21.7 Å². The second-order valence-corrected chi connectivity index (χ2v) is 10.2. The summed E-state index contributed by atoms with van der Waals surface area (Å²) in [5.41, 5.74) is 0.903. The van der Waals surface area contributed by atoms with Crippen LogP contribution >= 0.6 is 11.3 Å². The van der Waals surface area contributed by atoms with Crippen molar-refractivity contribution in [1.82, 2.24) is 4.57 Å². The molecular formula is C22H24N2O2S2. The maximum atomic E-state index is 13.2. The van der Waals surface area contributed by atoms with E-state index >= 15 is 0 Å². The fourth-order valence-electron chi connectivity index (χ4n) is 3.17. The first kappa shape index (κ1) is 20.4. The molecule has 0 aliphatic heterocycles. The number of sulfonamides is 1. The van der Waals surface area contributed by atoms with Gasteiger partial charge in [-0.3, -0.25) is 0 Å². The van der Waals surface area contributed by atoms with Gasteiger partial charge >= 0.3 is 0 Å². The van der Waals surface area contributed by atoms with Crippen molar-refractivity contribution < 1.29 is 8.42 Å². The van der Waals surface area contributed by atoms with Gasteiger partial charge in [-0.25, -0.2) is 0 Å². The number of benzene rings is 2. The standard InChI is InChI=1S/C22H24N2O2S2/c1-6-7-15-24-16(2)20(22(3,4)5)27-21(24)23-28(25,26)19-14-10-12-17-11-8-9-13-18(17)19/h8-14H,15H2,1-5H3. The second-order valence-electron chi connectivity index (χ2n) is 7.61. The molecule has 1 heterocycles. The summed E-state index contributed by atoms with van der Waals surface area (Å²) in [6.45, 7) is 10.5. The zero-order chi connectivity index (χ0) is 20.5. The number of rotatable bonds is 3. The Morgan fingerprint density at radius 1 is 1.11 bits per heavy atom. The number of fused-ring (bicyclic) bond motifs is 1. The van der Waals surface area contributed by atoms with Gasteiger partial charge in [-0.05, 0) is 30.7 Å². The van der Waals surface area contributed by atoms with Crippen molar-refractivity contribution >= 4 is 32.1 Å². The number of nitrogens with zero attached hydrogens (tertiary/aromatic N) is 2. The second kappa shape index (κ2) is 7.57. The molecule has 0 saturated carbocycles. The van der Waals surface area contributed by atoms with E-state index in [1.807, 2.05) is 41.8 Å². The molecule has 3 rings (SSSR count). The van der Waals surface area contributed by atoms with E-state index in [0.717, 1.165) is 16.0 Å². The zero-order valence-corrected chi connectivity index (χ0v) is 18.4. The third-order valence-electron chi connectivity index (χ3n) is 4.48. The van der Waals surface area contributed by atoms with Crippen molar-refractivity contribution in [3.8, 4) is 11.8 Å². The molecule has 0 amide bonds. The number of thiazole rings is 1. The molecular weight excluding hydrogens is 388 g/mol. The molecule has 0 unspecified atom stereocenters. The van der Waals surface area contributed by atoms with Gasteiger partial charge in [0, 0.05) is 16.0 Å². The normalized spacial score (nSPS) is 12.8. The Kier molecular flexibility index (Phi) is 5.51. The Balaban J connectivity index is 2.28. The van der Waals surface area contributed by atoms with E-state index in [-0.39, 0.29) is 10.3 Å². The lowest BCUT2D eigenvalue weighted by Crippen LogP contribution is -2.18. The number of hydrogen-bond acceptors (Lipinski definition) is 3. The smallest absolute Gasteiger partial charge is 0.285 e. The first-order valence-corrected chi connectivity index (χ1v) is 11.3. The number of hydrogen-bond donors (Lipinski definition) is 0. The summed E-state index contributed by atoms with van der Waals surface area (Å²) in [5, 5.41) is 1.55. The third kappa shape index (κ3) is 3.91. The van der Waals surface area contributed by atoms with Crippen LogP contribution in [0.3, 0.4) is 0 Å². The highest BCUT2D eigenvalue weighted by molar-refractivity contribution is 7.90. The maximum Gasteiger partial charge on any atom is 0.285 e. The van der Waals surface area contributed by atoms with E-state index in [9.17, 15) is 8.42 Å². The minimum absolute atomic E-state index is 0.104. The summed E-state index contributed by atoms with van der Waals surface area (Å²) in [6, 6.07) is 12.7. The molecule has 0 aliphatic carbocycles. The average molecular weight is 413 g/mol. The Morgan fingerprint density at radius 3 is 2.46 bits per heavy atom. The molecule has 0 spiro atoms. The van der Waals surface area contributed by atoms with Crippen LogP contribution < -0.4 is 4.80 Å². The summed E-state index contributed by atoms with van der Waals surface area (Å²) in [5.74, 6) is 5.91. The van der Waals surface area contributed by atoms with Crippen LogP contribution in [0.1, 0.15) is 38.3 Å². The molecule has 0 bridgehead atoms. The van der Waals surface area contributed by atoms with Crippen LogP contribution in [-0.2, 0) is 22.0 Å². The van der Waals surface area contributed by atoms with Gasteiger partial charge < -0.3 is 4.57 Å². The lowest BCUT2D eigenvalue weighted by Gasteiger charge is -2.17. The van der Waals surface area contributed by atoms with E-state index in [1.165, 1.54) is 11.3 Å². The van der Waals surface area contributed by atoms with E-state index in [2.05, 4.69) is 37.0 Å². The molecule has 0 aliphatic rings. The first-order valence-electron chi connectivity index (χ1n) is 9.04. The van der Waals surface area contributed by atoms with Crippen molar-refractivity contribution in [2.24, 2.45) is 4.40 Å². The molecule has 0 N–H and O–H groups in total. The Bertz CT molecular complexity index is 1260. The minimum atomic E-state index is -3.87. The van der Waals surface area contributed by atoms with Gasteiger partial charge in [-0.2, -0.15) is 8.42 Å². The molecule has 0 atom stereocenters. The van der Waals surface area contributed by atoms with E-state index in [1.54, 1.807) is 19.1 Å². The average Bonchev–Trinajstić information content (AvgIpc) is 2.94. The van der Waals surface area contributed by atoms with Crippen molar-refractivity contribution in [2.45, 2.75) is 51.5 Å². The topological polar surface area (TPSA) is 51.4 Å². The third-order valence-corrected chi connectivity index (χ3v) is 7.53. The molecule has 0 saturated heterocycles. The summed E-state index contributed by atoms with van der Waals surface area (Å²) in [7, 11) is -3.87. The molecule has 28 heavy (non-hydrogen) atoms. The van der Waals surface area contributed by atoms with Gasteiger partial charge in [-0.1, -0.05) is 63.1 Å². The lowest BCUT2D eigenvalue weighted by molar-refractivity contribution is 0.589. The summed E-state index contributed by atoms with van der Waals surface area (Å²) < 4.78 is 32.5. The molecule has 1 aromatic heterocycles. The Labute approximate surface area is 170 Å².